The number of aromatic nitrogens is 3. The Hall–Kier alpha value is -2.53. The van der Waals surface area contributed by atoms with Gasteiger partial charge in [0, 0.05) is 10.7 Å². The maximum absolute atomic E-state index is 11.3. The highest BCUT2D eigenvalue weighted by molar-refractivity contribution is 7.89. The molecule has 11 heteroatoms. The molecule has 0 saturated heterocycles. The first kappa shape index (κ1) is 19.2. The lowest BCUT2D eigenvalue weighted by atomic mass is 10.2. The van der Waals surface area contributed by atoms with Crippen LogP contribution in [0.5, 0.6) is 0 Å². The number of rotatable bonds is 5. The van der Waals surface area contributed by atoms with Crippen LogP contribution in [0.1, 0.15) is 5.56 Å². The zero-order valence-corrected chi connectivity index (χ0v) is 16.2. The van der Waals surface area contributed by atoms with Gasteiger partial charge in [0.15, 0.2) is 5.11 Å². The second-order valence-electron chi connectivity index (χ2n) is 5.54. The van der Waals surface area contributed by atoms with Gasteiger partial charge in [-0.3, -0.25) is 5.32 Å². The number of sulfonamides is 1. The van der Waals surface area contributed by atoms with Gasteiger partial charge in [0.25, 0.3) is 0 Å². The molecule has 4 N–H and O–H groups in total. The van der Waals surface area contributed by atoms with E-state index in [2.05, 4.69) is 20.7 Å². The van der Waals surface area contributed by atoms with Gasteiger partial charge in [-0.15, -0.1) is 5.10 Å². The maximum Gasteiger partial charge on any atom is 0.248 e. The fourth-order valence-electron chi connectivity index (χ4n) is 2.20. The van der Waals surface area contributed by atoms with Crippen LogP contribution < -0.4 is 15.8 Å². The first-order chi connectivity index (χ1) is 12.8. The van der Waals surface area contributed by atoms with Crippen LogP contribution in [0.2, 0.25) is 5.02 Å². The zero-order valence-electron chi connectivity index (χ0n) is 13.8. The number of nitrogens with one attached hydrogen (secondary N) is 2. The normalized spacial score (nSPS) is 11.2. The minimum atomic E-state index is -3.73. The van der Waals surface area contributed by atoms with Crippen LogP contribution in [0.25, 0.3) is 0 Å². The Morgan fingerprint density at radius 2 is 1.78 bits per heavy atom. The number of hydrogen-bond donors (Lipinski definition) is 3. The summed E-state index contributed by atoms with van der Waals surface area (Å²) in [4.78, 5) is 4.17. The molecule has 0 aliphatic carbocycles. The van der Waals surface area contributed by atoms with Gasteiger partial charge < -0.3 is 5.32 Å². The molecule has 0 fully saturated rings. The van der Waals surface area contributed by atoms with Crippen molar-refractivity contribution in [2.45, 2.75) is 11.4 Å². The third-order valence-electron chi connectivity index (χ3n) is 3.46. The number of primary sulfonamides is 1. The van der Waals surface area contributed by atoms with E-state index < -0.39 is 10.0 Å². The largest absolute Gasteiger partial charge is 0.332 e. The van der Waals surface area contributed by atoms with E-state index in [1.165, 1.54) is 12.1 Å². The van der Waals surface area contributed by atoms with Crippen LogP contribution in [0.15, 0.2) is 59.8 Å². The Bertz CT molecular complexity index is 1050. The summed E-state index contributed by atoms with van der Waals surface area (Å²) >= 11 is 11.1. The molecule has 0 saturated carbocycles. The van der Waals surface area contributed by atoms with Crippen molar-refractivity contribution in [2.75, 3.05) is 10.6 Å². The average Bonchev–Trinajstić information content (AvgIpc) is 3.03. The van der Waals surface area contributed by atoms with Crippen LogP contribution in [0.3, 0.4) is 0 Å². The lowest BCUT2D eigenvalue weighted by Gasteiger charge is -2.08. The molecular weight excluding hydrogens is 408 g/mol. The van der Waals surface area contributed by atoms with E-state index in [0.29, 0.717) is 23.2 Å². The maximum atomic E-state index is 11.3. The van der Waals surface area contributed by atoms with E-state index in [4.69, 9.17) is 29.0 Å². The van der Waals surface area contributed by atoms with Crippen molar-refractivity contribution >= 4 is 50.6 Å². The summed E-state index contributed by atoms with van der Waals surface area (Å²) in [6, 6.07) is 13.3. The molecule has 0 spiro atoms. The smallest absolute Gasteiger partial charge is 0.248 e. The third kappa shape index (κ3) is 5.47. The quantitative estimate of drug-likeness (QED) is 0.541. The van der Waals surface area contributed by atoms with Crippen molar-refractivity contribution in [1.29, 1.82) is 0 Å². The van der Waals surface area contributed by atoms with Gasteiger partial charge in [-0.2, -0.15) is 0 Å². The van der Waals surface area contributed by atoms with Crippen LogP contribution in [0, 0.1) is 0 Å². The van der Waals surface area contributed by atoms with Crippen molar-refractivity contribution in [1.82, 2.24) is 14.8 Å². The molecule has 8 nitrogen and oxygen atoms in total. The van der Waals surface area contributed by atoms with Crippen LogP contribution in [0.4, 0.5) is 11.6 Å². The molecule has 140 valence electrons. The second-order valence-corrected chi connectivity index (χ2v) is 7.95. The first-order valence-corrected chi connectivity index (χ1v) is 9.97. The highest BCUT2D eigenvalue weighted by Crippen LogP contribution is 2.13. The fraction of sp³-hybridized carbons (Fsp3) is 0.0625. The van der Waals surface area contributed by atoms with Gasteiger partial charge in [0.05, 0.1) is 11.4 Å². The van der Waals surface area contributed by atoms with Gasteiger partial charge in [-0.25, -0.2) is 23.2 Å². The first-order valence-electron chi connectivity index (χ1n) is 7.64. The van der Waals surface area contributed by atoms with E-state index >= 15 is 0 Å². The molecule has 0 bridgehead atoms. The van der Waals surface area contributed by atoms with Crippen LogP contribution in [-0.4, -0.2) is 28.3 Å². The number of nitrogens with two attached hydrogens (primary N) is 1. The molecule has 2 aromatic carbocycles. The molecule has 0 amide bonds. The van der Waals surface area contributed by atoms with Crippen molar-refractivity contribution in [3.05, 3.63) is 65.4 Å². The van der Waals surface area contributed by atoms with E-state index in [0.717, 1.165) is 5.56 Å². The van der Waals surface area contributed by atoms with Crippen LogP contribution in [-0.2, 0) is 16.6 Å². The number of thiocarbonyl (C=S) groups is 1. The van der Waals surface area contributed by atoms with Gasteiger partial charge >= 0.3 is 0 Å². The average molecular weight is 423 g/mol. The van der Waals surface area contributed by atoms with Gasteiger partial charge in [0.1, 0.15) is 6.33 Å². The highest BCUT2D eigenvalue weighted by Gasteiger charge is 2.08. The summed E-state index contributed by atoms with van der Waals surface area (Å²) in [6.45, 7) is 0.543. The lowest BCUT2D eigenvalue weighted by Crippen LogP contribution is -2.20. The summed E-state index contributed by atoms with van der Waals surface area (Å²) in [5.74, 6) is 0.336. The predicted octanol–water partition coefficient (Wildman–Crippen LogP) is 2.44. The molecule has 0 atom stereocenters. The van der Waals surface area contributed by atoms with E-state index in [-0.39, 0.29) is 10.0 Å². The third-order valence-corrected chi connectivity index (χ3v) is 4.85. The summed E-state index contributed by atoms with van der Waals surface area (Å²) in [6.07, 6.45) is 1.58. The van der Waals surface area contributed by atoms with Gasteiger partial charge in [-0.1, -0.05) is 23.7 Å². The standard InChI is InChI=1S/C16H15ClN6O2S2/c17-12-3-1-11(2-4-12)9-23-10-19-15(22-23)21-16(26)20-13-5-7-14(8-6-13)27(18,24)25/h1-8,10H,9H2,(H2,18,24,25)(H2,20,21,22,26). The molecule has 0 aliphatic heterocycles. The molecular formula is C16H15ClN6O2S2. The van der Waals surface area contributed by atoms with Gasteiger partial charge in [0.2, 0.25) is 16.0 Å². The number of hydrogen-bond acceptors (Lipinski definition) is 5. The van der Waals surface area contributed by atoms with E-state index in [1.54, 1.807) is 23.1 Å². The monoisotopic (exact) mass is 422 g/mol. The summed E-state index contributed by atoms with van der Waals surface area (Å²) in [7, 11) is -3.73. The van der Waals surface area contributed by atoms with Crippen molar-refractivity contribution < 1.29 is 8.42 Å². The Morgan fingerprint density at radius 1 is 1.11 bits per heavy atom. The summed E-state index contributed by atoms with van der Waals surface area (Å²) in [5.41, 5.74) is 1.63. The Labute approximate surface area is 166 Å². The Balaban J connectivity index is 1.58. The molecule has 0 radical (unpaired) electrons. The van der Waals surface area contributed by atoms with Crippen molar-refractivity contribution in [3.63, 3.8) is 0 Å². The minimum absolute atomic E-state index is 0.0227. The Morgan fingerprint density at radius 3 is 2.41 bits per heavy atom. The fourth-order valence-corrected chi connectivity index (χ4v) is 3.05. The topological polar surface area (TPSA) is 115 Å². The SMILES string of the molecule is NS(=O)(=O)c1ccc(NC(=S)Nc2ncn(Cc3ccc(Cl)cc3)n2)cc1. The van der Waals surface area contributed by atoms with Crippen LogP contribution >= 0.6 is 23.8 Å². The molecule has 3 rings (SSSR count). The number of anilines is 2. The van der Waals surface area contributed by atoms with Crippen molar-refractivity contribution in [2.24, 2.45) is 5.14 Å². The van der Waals surface area contributed by atoms with Gasteiger partial charge in [-0.05, 0) is 54.2 Å². The molecule has 1 aromatic heterocycles. The molecule has 1 heterocycles. The minimum Gasteiger partial charge on any atom is -0.332 e. The molecule has 3 aromatic rings. The number of halogens is 1. The van der Waals surface area contributed by atoms with E-state index in [1.807, 2.05) is 24.3 Å². The molecule has 0 aliphatic rings. The lowest BCUT2D eigenvalue weighted by molar-refractivity contribution is 0.598. The number of benzene rings is 2. The number of nitrogens with zero attached hydrogens (tertiary/aromatic N) is 3. The van der Waals surface area contributed by atoms with Crippen molar-refractivity contribution in [3.8, 4) is 0 Å². The highest BCUT2D eigenvalue weighted by atomic mass is 35.5. The Kier molecular flexibility index (Phi) is 5.71. The molecule has 27 heavy (non-hydrogen) atoms. The zero-order chi connectivity index (χ0) is 19.4. The summed E-state index contributed by atoms with van der Waals surface area (Å²) in [5, 5.41) is 16.1. The van der Waals surface area contributed by atoms with E-state index in [9.17, 15) is 8.42 Å². The predicted molar refractivity (Wildman–Crippen MR) is 108 cm³/mol. The second kappa shape index (κ2) is 8.01. The summed E-state index contributed by atoms with van der Waals surface area (Å²) < 4.78 is 24.2. The molecule has 0 unspecified atom stereocenters.